The van der Waals surface area contributed by atoms with Crippen molar-refractivity contribution in [2.45, 2.75) is 6.54 Å². The average Bonchev–Trinajstić information content (AvgIpc) is 2.73. The molecule has 0 spiro atoms. The molecule has 0 amide bonds. The number of nitriles is 1. The molecule has 1 heterocycles. The summed E-state index contributed by atoms with van der Waals surface area (Å²) >= 11 is 3.34. The van der Waals surface area contributed by atoms with Crippen LogP contribution in [0, 0.1) is 11.3 Å². The van der Waals surface area contributed by atoms with Crippen LogP contribution in [0.5, 0.6) is 0 Å². The van der Waals surface area contributed by atoms with Crippen molar-refractivity contribution in [3.05, 3.63) is 52.5 Å². The van der Waals surface area contributed by atoms with E-state index in [2.05, 4.69) is 27.0 Å². The standard InChI is InChI=1S/C11H8BrN3/c12-11-2-1-9(10(5-11)6-13)7-15-4-3-14-8-15/h1-5,8H,7H2. The van der Waals surface area contributed by atoms with E-state index in [0.717, 1.165) is 10.0 Å². The second-order valence-electron chi connectivity index (χ2n) is 3.15. The summed E-state index contributed by atoms with van der Waals surface area (Å²) in [6, 6.07) is 7.90. The maximum Gasteiger partial charge on any atom is 0.0995 e. The molecule has 0 atom stereocenters. The van der Waals surface area contributed by atoms with E-state index in [1.807, 2.05) is 29.0 Å². The Morgan fingerprint density at radius 2 is 2.33 bits per heavy atom. The lowest BCUT2D eigenvalue weighted by molar-refractivity contribution is 0.795. The van der Waals surface area contributed by atoms with E-state index < -0.39 is 0 Å². The van der Waals surface area contributed by atoms with Crippen LogP contribution < -0.4 is 0 Å². The molecule has 0 aliphatic heterocycles. The maximum atomic E-state index is 8.98. The summed E-state index contributed by atoms with van der Waals surface area (Å²) < 4.78 is 2.86. The van der Waals surface area contributed by atoms with Gasteiger partial charge in [-0.2, -0.15) is 5.26 Å². The van der Waals surface area contributed by atoms with Crippen molar-refractivity contribution in [2.75, 3.05) is 0 Å². The lowest BCUT2D eigenvalue weighted by Gasteiger charge is -2.04. The molecule has 15 heavy (non-hydrogen) atoms. The zero-order valence-corrected chi connectivity index (χ0v) is 9.48. The summed E-state index contributed by atoms with van der Waals surface area (Å²) in [4.78, 5) is 3.96. The molecule has 3 nitrogen and oxygen atoms in total. The second kappa shape index (κ2) is 4.28. The van der Waals surface area contributed by atoms with E-state index >= 15 is 0 Å². The van der Waals surface area contributed by atoms with E-state index in [1.54, 1.807) is 12.5 Å². The highest BCUT2D eigenvalue weighted by Crippen LogP contribution is 2.16. The molecule has 0 fully saturated rings. The minimum absolute atomic E-state index is 0.677. The SMILES string of the molecule is N#Cc1cc(Br)ccc1Cn1ccnc1. The molecular weight excluding hydrogens is 254 g/mol. The minimum atomic E-state index is 0.677. The topological polar surface area (TPSA) is 41.6 Å². The number of benzene rings is 1. The van der Waals surface area contributed by atoms with Crippen LogP contribution in [-0.4, -0.2) is 9.55 Å². The van der Waals surface area contributed by atoms with Crippen LogP contribution in [0.2, 0.25) is 0 Å². The fourth-order valence-corrected chi connectivity index (χ4v) is 1.73. The van der Waals surface area contributed by atoms with Gasteiger partial charge < -0.3 is 4.57 Å². The van der Waals surface area contributed by atoms with Crippen LogP contribution >= 0.6 is 15.9 Å². The van der Waals surface area contributed by atoms with E-state index in [9.17, 15) is 0 Å². The Bertz CT molecular complexity index is 497. The molecular formula is C11H8BrN3. The van der Waals surface area contributed by atoms with Crippen molar-refractivity contribution in [2.24, 2.45) is 0 Å². The van der Waals surface area contributed by atoms with Gasteiger partial charge in [-0.05, 0) is 17.7 Å². The molecule has 0 radical (unpaired) electrons. The van der Waals surface area contributed by atoms with Crippen molar-refractivity contribution in [3.8, 4) is 6.07 Å². The summed E-state index contributed by atoms with van der Waals surface area (Å²) in [7, 11) is 0. The highest BCUT2D eigenvalue weighted by Gasteiger charge is 2.02. The molecule has 0 saturated carbocycles. The quantitative estimate of drug-likeness (QED) is 0.834. The Labute approximate surface area is 96.1 Å². The largest absolute Gasteiger partial charge is 0.333 e. The Kier molecular flexibility index (Phi) is 2.84. The predicted octanol–water partition coefficient (Wildman–Crippen LogP) is 2.57. The van der Waals surface area contributed by atoms with Gasteiger partial charge in [-0.3, -0.25) is 0 Å². The summed E-state index contributed by atoms with van der Waals surface area (Å²) in [5.41, 5.74) is 1.69. The van der Waals surface area contributed by atoms with Crippen molar-refractivity contribution in [1.82, 2.24) is 9.55 Å². The van der Waals surface area contributed by atoms with Gasteiger partial charge >= 0.3 is 0 Å². The van der Waals surface area contributed by atoms with Crippen LogP contribution in [0.25, 0.3) is 0 Å². The summed E-state index contributed by atoms with van der Waals surface area (Å²) in [5.74, 6) is 0. The first-order valence-electron chi connectivity index (χ1n) is 4.44. The lowest BCUT2D eigenvalue weighted by Crippen LogP contribution is -1.98. The number of nitrogens with zero attached hydrogens (tertiary/aromatic N) is 3. The Balaban J connectivity index is 2.33. The lowest BCUT2D eigenvalue weighted by atomic mass is 10.1. The number of hydrogen-bond acceptors (Lipinski definition) is 2. The van der Waals surface area contributed by atoms with E-state index in [4.69, 9.17) is 5.26 Å². The highest BCUT2D eigenvalue weighted by atomic mass is 79.9. The molecule has 4 heteroatoms. The van der Waals surface area contributed by atoms with Crippen LogP contribution in [0.4, 0.5) is 0 Å². The van der Waals surface area contributed by atoms with Gasteiger partial charge in [0.1, 0.15) is 0 Å². The molecule has 0 N–H and O–H groups in total. The van der Waals surface area contributed by atoms with Gasteiger partial charge in [0.15, 0.2) is 0 Å². The first kappa shape index (κ1) is 9.94. The first-order valence-corrected chi connectivity index (χ1v) is 5.23. The fourth-order valence-electron chi connectivity index (χ4n) is 1.37. The van der Waals surface area contributed by atoms with Crippen molar-refractivity contribution < 1.29 is 0 Å². The predicted molar refractivity (Wildman–Crippen MR) is 60.2 cm³/mol. The fraction of sp³-hybridized carbons (Fsp3) is 0.0909. The Morgan fingerprint density at radius 1 is 1.47 bits per heavy atom. The molecule has 0 unspecified atom stereocenters. The Hall–Kier alpha value is -1.60. The molecule has 0 saturated heterocycles. The summed E-state index contributed by atoms with van der Waals surface area (Å²) in [6.45, 7) is 0.677. The monoisotopic (exact) mass is 261 g/mol. The Morgan fingerprint density at radius 3 is 3.00 bits per heavy atom. The van der Waals surface area contributed by atoms with Gasteiger partial charge in [-0.1, -0.05) is 22.0 Å². The molecule has 1 aromatic carbocycles. The minimum Gasteiger partial charge on any atom is -0.333 e. The maximum absolute atomic E-state index is 8.98. The molecule has 0 aliphatic carbocycles. The van der Waals surface area contributed by atoms with Gasteiger partial charge in [-0.25, -0.2) is 4.98 Å². The molecule has 0 aliphatic rings. The number of halogens is 1. The molecule has 2 aromatic rings. The van der Waals surface area contributed by atoms with Crippen molar-refractivity contribution in [1.29, 1.82) is 5.26 Å². The molecule has 0 bridgehead atoms. The normalized spacial score (nSPS) is 9.87. The van der Waals surface area contributed by atoms with Gasteiger partial charge in [-0.15, -0.1) is 0 Å². The van der Waals surface area contributed by atoms with E-state index in [0.29, 0.717) is 12.1 Å². The van der Waals surface area contributed by atoms with Gasteiger partial charge in [0.2, 0.25) is 0 Å². The number of rotatable bonds is 2. The third kappa shape index (κ3) is 2.25. The third-order valence-electron chi connectivity index (χ3n) is 2.10. The number of imidazole rings is 1. The third-order valence-corrected chi connectivity index (χ3v) is 2.60. The van der Waals surface area contributed by atoms with Crippen LogP contribution in [0.3, 0.4) is 0 Å². The summed E-state index contributed by atoms with van der Waals surface area (Å²) in [5, 5.41) is 8.98. The van der Waals surface area contributed by atoms with Gasteiger partial charge in [0, 0.05) is 23.4 Å². The van der Waals surface area contributed by atoms with Crippen LogP contribution in [0.15, 0.2) is 41.4 Å². The van der Waals surface area contributed by atoms with Gasteiger partial charge in [0.25, 0.3) is 0 Å². The van der Waals surface area contributed by atoms with Crippen molar-refractivity contribution in [3.63, 3.8) is 0 Å². The smallest absolute Gasteiger partial charge is 0.0995 e. The summed E-state index contributed by atoms with van der Waals surface area (Å²) in [6.07, 6.45) is 5.34. The zero-order valence-electron chi connectivity index (χ0n) is 7.89. The number of aromatic nitrogens is 2. The average molecular weight is 262 g/mol. The molecule has 2 rings (SSSR count). The van der Waals surface area contributed by atoms with E-state index in [1.165, 1.54) is 0 Å². The van der Waals surface area contributed by atoms with E-state index in [-0.39, 0.29) is 0 Å². The van der Waals surface area contributed by atoms with Crippen LogP contribution in [-0.2, 0) is 6.54 Å². The van der Waals surface area contributed by atoms with Gasteiger partial charge in [0.05, 0.1) is 18.0 Å². The molecule has 74 valence electrons. The first-order chi connectivity index (χ1) is 7.29. The van der Waals surface area contributed by atoms with Crippen molar-refractivity contribution >= 4 is 15.9 Å². The highest BCUT2D eigenvalue weighted by molar-refractivity contribution is 9.10. The molecule has 1 aromatic heterocycles. The second-order valence-corrected chi connectivity index (χ2v) is 4.06. The number of hydrogen-bond donors (Lipinski definition) is 0. The zero-order chi connectivity index (χ0) is 10.7. The van der Waals surface area contributed by atoms with Crippen LogP contribution in [0.1, 0.15) is 11.1 Å².